The number of thioether (sulfide) groups is 1. The predicted octanol–water partition coefficient (Wildman–Crippen LogP) is 2.13. The number of hydrogen-bond donors (Lipinski definition) is 1. The number of aromatic nitrogens is 2. The summed E-state index contributed by atoms with van der Waals surface area (Å²) in [6, 6.07) is 0. The predicted molar refractivity (Wildman–Crippen MR) is 78.0 cm³/mol. The van der Waals surface area contributed by atoms with E-state index in [-0.39, 0.29) is 0 Å². The van der Waals surface area contributed by atoms with Crippen LogP contribution in [0, 0.1) is 0 Å². The van der Waals surface area contributed by atoms with Gasteiger partial charge in [0.2, 0.25) is 0 Å². The number of thiophene rings is 1. The van der Waals surface area contributed by atoms with E-state index in [4.69, 9.17) is 5.73 Å². The minimum Gasteiger partial charge on any atom is -0.383 e. The van der Waals surface area contributed by atoms with E-state index in [1.165, 1.54) is 10.4 Å². The molecule has 18 heavy (non-hydrogen) atoms. The quantitative estimate of drug-likeness (QED) is 0.494. The molecule has 1 aliphatic heterocycles. The second-order valence-electron chi connectivity index (χ2n) is 5.35. The molecule has 0 atom stereocenters. The van der Waals surface area contributed by atoms with Crippen LogP contribution in [0.15, 0.2) is 5.16 Å². The number of nitrogens with zero attached hydrogens (tertiary/aromatic N) is 3. The van der Waals surface area contributed by atoms with Crippen molar-refractivity contribution in [3.05, 3.63) is 10.4 Å². The monoisotopic (exact) mass is 281 g/mol. The first-order valence-electron chi connectivity index (χ1n) is 5.94. The van der Waals surface area contributed by atoms with Gasteiger partial charge in [0.15, 0.2) is 5.16 Å². The molecule has 3 heterocycles. The van der Waals surface area contributed by atoms with E-state index in [9.17, 15) is 0 Å². The van der Waals surface area contributed by atoms with Crippen LogP contribution in [0.5, 0.6) is 0 Å². The fourth-order valence-corrected chi connectivity index (χ4v) is 4.34. The molecular formula is C12H17N4S2+. The third kappa shape index (κ3) is 1.88. The highest BCUT2D eigenvalue weighted by atomic mass is 32.2. The Labute approximate surface area is 115 Å². The van der Waals surface area contributed by atoms with E-state index >= 15 is 0 Å². The molecule has 0 aromatic carbocycles. The molecule has 0 bridgehead atoms. The number of quaternary nitrogens is 1. The largest absolute Gasteiger partial charge is 0.383 e. The summed E-state index contributed by atoms with van der Waals surface area (Å²) >= 11 is 3.33. The number of nitrogens with two attached hydrogens (primary N) is 1. The molecule has 4 nitrogen and oxygen atoms in total. The number of hydrogen-bond acceptors (Lipinski definition) is 5. The minimum atomic E-state index is 0.647. The van der Waals surface area contributed by atoms with Crippen LogP contribution in [0.3, 0.4) is 0 Å². The van der Waals surface area contributed by atoms with Gasteiger partial charge in [0.1, 0.15) is 17.2 Å². The third-order valence-electron chi connectivity index (χ3n) is 3.46. The lowest BCUT2D eigenvalue weighted by molar-refractivity contribution is -0.905. The Balaban J connectivity index is 2.22. The van der Waals surface area contributed by atoms with Crippen LogP contribution in [-0.2, 0) is 13.0 Å². The highest BCUT2D eigenvalue weighted by molar-refractivity contribution is 7.98. The van der Waals surface area contributed by atoms with E-state index in [2.05, 4.69) is 24.1 Å². The Morgan fingerprint density at radius 2 is 2.11 bits per heavy atom. The van der Waals surface area contributed by atoms with E-state index in [0.717, 1.165) is 39.4 Å². The van der Waals surface area contributed by atoms with Crippen molar-refractivity contribution in [1.82, 2.24) is 9.97 Å². The van der Waals surface area contributed by atoms with Gasteiger partial charge < -0.3 is 10.2 Å². The molecule has 96 valence electrons. The molecule has 0 unspecified atom stereocenters. The number of fused-ring (bicyclic) bond motifs is 3. The van der Waals surface area contributed by atoms with Crippen molar-refractivity contribution in [2.24, 2.45) is 0 Å². The minimum absolute atomic E-state index is 0.647. The molecule has 0 saturated carbocycles. The Morgan fingerprint density at radius 3 is 2.83 bits per heavy atom. The molecule has 0 amide bonds. The molecule has 3 rings (SSSR count). The van der Waals surface area contributed by atoms with Crippen molar-refractivity contribution < 1.29 is 4.48 Å². The lowest BCUT2D eigenvalue weighted by Crippen LogP contribution is -2.43. The summed E-state index contributed by atoms with van der Waals surface area (Å²) < 4.78 is 1.04. The van der Waals surface area contributed by atoms with Crippen molar-refractivity contribution in [1.29, 1.82) is 0 Å². The normalized spacial score (nSPS) is 17.9. The molecule has 6 heteroatoms. The molecule has 1 aliphatic rings. The average molecular weight is 281 g/mol. The smallest absolute Gasteiger partial charge is 0.190 e. The summed E-state index contributed by atoms with van der Waals surface area (Å²) in [5.41, 5.74) is 7.49. The maximum atomic E-state index is 6.11. The summed E-state index contributed by atoms with van der Waals surface area (Å²) in [7, 11) is 4.55. The fraction of sp³-hybridized carbons (Fsp3) is 0.500. The van der Waals surface area contributed by atoms with Crippen LogP contribution < -0.4 is 5.73 Å². The van der Waals surface area contributed by atoms with Crippen LogP contribution in [0.4, 0.5) is 5.82 Å². The van der Waals surface area contributed by atoms with E-state index in [1.807, 2.05) is 6.26 Å². The molecule has 0 spiro atoms. The van der Waals surface area contributed by atoms with Gasteiger partial charge in [-0.05, 0) is 11.8 Å². The second-order valence-corrected chi connectivity index (χ2v) is 7.20. The van der Waals surface area contributed by atoms with Gasteiger partial charge in [-0.25, -0.2) is 9.97 Å². The van der Waals surface area contributed by atoms with Crippen molar-refractivity contribution >= 4 is 39.1 Å². The molecule has 2 aromatic rings. The molecule has 2 N–H and O–H groups in total. The number of rotatable bonds is 1. The zero-order valence-corrected chi connectivity index (χ0v) is 12.5. The Kier molecular flexibility index (Phi) is 2.76. The highest BCUT2D eigenvalue weighted by Gasteiger charge is 2.29. The van der Waals surface area contributed by atoms with Gasteiger partial charge in [-0.1, -0.05) is 11.8 Å². The summed E-state index contributed by atoms with van der Waals surface area (Å²) in [5, 5.41) is 1.87. The van der Waals surface area contributed by atoms with Gasteiger partial charge in [0, 0.05) is 6.42 Å². The van der Waals surface area contributed by atoms with Gasteiger partial charge in [-0.3, -0.25) is 0 Å². The van der Waals surface area contributed by atoms with Crippen molar-refractivity contribution in [2.75, 3.05) is 32.6 Å². The number of anilines is 1. The molecule has 0 radical (unpaired) electrons. The molecule has 2 aromatic heterocycles. The van der Waals surface area contributed by atoms with Gasteiger partial charge >= 0.3 is 0 Å². The SMILES string of the molecule is CSc1nc(N)c2c3c(sc2n1)C[N+](C)(C)CC3. The number of likely N-dealkylation sites (N-methyl/N-ethyl adjacent to an activating group) is 1. The van der Waals surface area contributed by atoms with Crippen LogP contribution in [-0.4, -0.2) is 41.3 Å². The van der Waals surface area contributed by atoms with Gasteiger partial charge in [-0.15, -0.1) is 11.3 Å². The maximum Gasteiger partial charge on any atom is 0.190 e. The number of nitrogen functional groups attached to an aromatic ring is 1. The molecular weight excluding hydrogens is 264 g/mol. The van der Waals surface area contributed by atoms with E-state index in [0.29, 0.717) is 5.82 Å². The fourth-order valence-electron chi connectivity index (χ4n) is 2.48. The summed E-state index contributed by atoms with van der Waals surface area (Å²) in [6.07, 6.45) is 3.06. The lowest BCUT2D eigenvalue weighted by atomic mass is 10.0. The summed E-state index contributed by atoms with van der Waals surface area (Å²) in [6.45, 7) is 2.23. The first-order valence-corrected chi connectivity index (χ1v) is 7.98. The van der Waals surface area contributed by atoms with Crippen molar-refractivity contribution in [3.63, 3.8) is 0 Å². The first-order chi connectivity index (χ1) is 8.50. The van der Waals surface area contributed by atoms with Gasteiger partial charge in [0.25, 0.3) is 0 Å². The van der Waals surface area contributed by atoms with Crippen LogP contribution in [0.2, 0.25) is 0 Å². The summed E-state index contributed by atoms with van der Waals surface area (Å²) in [5.74, 6) is 0.647. The molecule has 0 aliphatic carbocycles. The van der Waals surface area contributed by atoms with Crippen LogP contribution >= 0.6 is 23.1 Å². The third-order valence-corrected chi connectivity index (χ3v) is 5.12. The molecule has 0 saturated heterocycles. The lowest BCUT2D eigenvalue weighted by Gasteiger charge is -2.33. The van der Waals surface area contributed by atoms with E-state index < -0.39 is 0 Å². The summed E-state index contributed by atoms with van der Waals surface area (Å²) in [4.78, 5) is 11.4. The Bertz CT molecular complexity index is 618. The van der Waals surface area contributed by atoms with Crippen LogP contribution in [0.25, 0.3) is 10.2 Å². The zero-order chi connectivity index (χ0) is 12.9. The van der Waals surface area contributed by atoms with Crippen molar-refractivity contribution in [3.8, 4) is 0 Å². The van der Waals surface area contributed by atoms with Gasteiger partial charge in [-0.2, -0.15) is 0 Å². The second kappa shape index (κ2) is 4.08. The standard InChI is InChI=1S/C12H17N4S2/c1-16(2)5-4-7-8(6-16)18-11-9(7)10(13)14-12(15-11)17-3/h4-6H2,1-3H3,(H2,13,14,15)/q+1. The molecule has 0 fully saturated rings. The highest BCUT2D eigenvalue weighted by Crippen LogP contribution is 2.38. The topological polar surface area (TPSA) is 51.8 Å². The Hall–Kier alpha value is -0.850. The van der Waals surface area contributed by atoms with Gasteiger partial charge in [0.05, 0.1) is 30.9 Å². The average Bonchev–Trinajstić information content (AvgIpc) is 2.64. The maximum absolute atomic E-state index is 6.11. The van der Waals surface area contributed by atoms with E-state index in [1.54, 1.807) is 23.1 Å². The zero-order valence-electron chi connectivity index (χ0n) is 10.9. The van der Waals surface area contributed by atoms with Crippen molar-refractivity contribution in [2.45, 2.75) is 18.1 Å². The Morgan fingerprint density at radius 1 is 1.33 bits per heavy atom. The van der Waals surface area contributed by atoms with Crippen LogP contribution in [0.1, 0.15) is 10.4 Å². The first kappa shape index (κ1) is 12.2.